The molecule has 8 heteroatoms. The Morgan fingerprint density at radius 1 is 1.12 bits per heavy atom. The lowest BCUT2D eigenvalue weighted by atomic mass is 10.1. The minimum absolute atomic E-state index is 0.0563. The fourth-order valence-corrected chi connectivity index (χ4v) is 2.14. The second-order valence-corrected chi connectivity index (χ2v) is 5.64. The SMILES string of the molecule is N[C@@H](Cc1ccccc1)C(=O)OCC(O)COc1ccc([N+](=O)[O-])cc1. The molecular weight excluding hydrogens is 340 g/mol. The van der Waals surface area contributed by atoms with Crippen molar-refractivity contribution in [2.45, 2.75) is 18.6 Å². The van der Waals surface area contributed by atoms with Crippen LogP contribution in [0.5, 0.6) is 5.75 Å². The van der Waals surface area contributed by atoms with Gasteiger partial charge in [-0.2, -0.15) is 0 Å². The first-order chi connectivity index (χ1) is 12.5. The largest absolute Gasteiger partial charge is 0.491 e. The Labute approximate surface area is 150 Å². The molecule has 2 aromatic carbocycles. The molecule has 0 radical (unpaired) electrons. The van der Waals surface area contributed by atoms with E-state index in [2.05, 4.69) is 0 Å². The van der Waals surface area contributed by atoms with E-state index in [1.165, 1.54) is 24.3 Å². The molecule has 0 aliphatic heterocycles. The van der Waals surface area contributed by atoms with Gasteiger partial charge in [0, 0.05) is 12.1 Å². The first-order valence-corrected chi connectivity index (χ1v) is 7.97. The Bertz CT molecular complexity index is 720. The standard InChI is InChI=1S/C18H20N2O6/c19-17(10-13-4-2-1-3-5-13)18(22)26-12-15(21)11-25-16-8-6-14(7-9-16)20(23)24/h1-9,15,17,21H,10-12,19H2/t15?,17-/m0/s1. The van der Waals surface area contributed by atoms with Gasteiger partial charge in [-0.3, -0.25) is 14.9 Å². The molecule has 1 unspecified atom stereocenters. The van der Waals surface area contributed by atoms with Crippen molar-refractivity contribution in [3.63, 3.8) is 0 Å². The molecule has 0 amide bonds. The second kappa shape index (κ2) is 9.50. The number of aliphatic hydroxyl groups is 1. The Hall–Kier alpha value is -2.97. The van der Waals surface area contributed by atoms with E-state index in [4.69, 9.17) is 15.2 Å². The summed E-state index contributed by atoms with van der Waals surface area (Å²) in [6.45, 7) is -0.382. The van der Waals surface area contributed by atoms with Crippen LogP contribution in [0.3, 0.4) is 0 Å². The Kier molecular flexibility index (Phi) is 7.07. The van der Waals surface area contributed by atoms with Gasteiger partial charge in [0.2, 0.25) is 0 Å². The molecule has 0 aliphatic rings. The van der Waals surface area contributed by atoms with Crippen LogP contribution in [0.15, 0.2) is 54.6 Å². The highest BCUT2D eigenvalue weighted by Gasteiger charge is 2.17. The minimum Gasteiger partial charge on any atom is -0.491 e. The number of rotatable bonds is 9. The van der Waals surface area contributed by atoms with Crippen LogP contribution in [0, 0.1) is 10.1 Å². The van der Waals surface area contributed by atoms with Gasteiger partial charge in [0.05, 0.1) is 4.92 Å². The van der Waals surface area contributed by atoms with Crippen molar-refractivity contribution in [1.29, 1.82) is 0 Å². The topological polar surface area (TPSA) is 125 Å². The van der Waals surface area contributed by atoms with Crippen LogP contribution >= 0.6 is 0 Å². The summed E-state index contributed by atoms with van der Waals surface area (Å²) in [5.74, 6) is -0.245. The summed E-state index contributed by atoms with van der Waals surface area (Å²) in [4.78, 5) is 21.9. The molecule has 2 aromatic rings. The van der Waals surface area contributed by atoms with Crippen LogP contribution in [0.2, 0.25) is 0 Å². The van der Waals surface area contributed by atoms with Crippen LogP contribution in [0.1, 0.15) is 5.56 Å². The smallest absolute Gasteiger partial charge is 0.323 e. The highest BCUT2D eigenvalue weighted by molar-refractivity contribution is 5.75. The second-order valence-electron chi connectivity index (χ2n) is 5.64. The lowest BCUT2D eigenvalue weighted by molar-refractivity contribution is -0.384. The predicted molar refractivity (Wildman–Crippen MR) is 93.7 cm³/mol. The molecule has 2 atom stereocenters. The molecule has 3 N–H and O–H groups in total. The molecule has 138 valence electrons. The molecular formula is C18H20N2O6. The maximum absolute atomic E-state index is 11.9. The summed E-state index contributed by atoms with van der Waals surface area (Å²) in [6.07, 6.45) is -0.701. The Balaban J connectivity index is 1.71. The predicted octanol–water partition coefficient (Wildman–Crippen LogP) is 1.45. The van der Waals surface area contributed by atoms with Gasteiger partial charge in [-0.15, -0.1) is 0 Å². The zero-order chi connectivity index (χ0) is 18.9. The van der Waals surface area contributed by atoms with Gasteiger partial charge in [0.1, 0.15) is 31.1 Å². The number of benzene rings is 2. The van der Waals surface area contributed by atoms with Crippen molar-refractivity contribution in [1.82, 2.24) is 0 Å². The maximum Gasteiger partial charge on any atom is 0.323 e. The van der Waals surface area contributed by atoms with E-state index >= 15 is 0 Å². The van der Waals surface area contributed by atoms with Gasteiger partial charge >= 0.3 is 5.97 Å². The molecule has 26 heavy (non-hydrogen) atoms. The summed E-state index contributed by atoms with van der Waals surface area (Å²) in [7, 11) is 0. The highest BCUT2D eigenvalue weighted by Crippen LogP contribution is 2.17. The molecule has 0 spiro atoms. The summed E-state index contributed by atoms with van der Waals surface area (Å²) in [5, 5.41) is 20.4. The molecule has 0 aromatic heterocycles. The van der Waals surface area contributed by atoms with Crippen LogP contribution in [-0.4, -0.2) is 41.4 Å². The number of nitrogens with zero attached hydrogens (tertiary/aromatic N) is 1. The van der Waals surface area contributed by atoms with E-state index < -0.39 is 23.0 Å². The number of nitrogens with two attached hydrogens (primary N) is 1. The van der Waals surface area contributed by atoms with Crippen molar-refractivity contribution >= 4 is 11.7 Å². The number of hydrogen-bond donors (Lipinski definition) is 2. The number of hydrogen-bond acceptors (Lipinski definition) is 7. The lowest BCUT2D eigenvalue weighted by Crippen LogP contribution is -2.36. The average molecular weight is 360 g/mol. The normalized spacial score (nSPS) is 12.8. The summed E-state index contributed by atoms with van der Waals surface area (Å²) in [5.41, 5.74) is 6.66. The molecule has 2 rings (SSSR count). The number of ether oxygens (including phenoxy) is 2. The van der Waals surface area contributed by atoms with E-state index in [0.717, 1.165) is 5.56 Å². The van der Waals surface area contributed by atoms with Crippen molar-refractivity contribution < 1.29 is 24.3 Å². The van der Waals surface area contributed by atoms with Crippen LogP contribution < -0.4 is 10.5 Å². The van der Waals surface area contributed by atoms with Gasteiger partial charge in [-0.1, -0.05) is 30.3 Å². The Morgan fingerprint density at radius 3 is 2.38 bits per heavy atom. The van der Waals surface area contributed by atoms with Crippen molar-refractivity contribution in [3.05, 3.63) is 70.3 Å². The fraction of sp³-hybridized carbons (Fsp3) is 0.278. The Morgan fingerprint density at radius 2 is 1.77 bits per heavy atom. The number of nitro groups is 1. The van der Waals surface area contributed by atoms with E-state index in [1.807, 2.05) is 30.3 Å². The average Bonchev–Trinajstić information content (AvgIpc) is 2.65. The third kappa shape index (κ3) is 6.15. The van der Waals surface area contributed by atoms with Gasteiger partial charge < -0.3 is 20.3 Å². The molecule has 8 nitrogen and oxygen atoms in total. The van der Waals surface area contributed by atoms with Crippen molar-refractivity contribution in [2.24, 2.45) is 5.73 Å². The summed E-state index contributed by atoms with van der Waals surface area (Å²) < 4.78 is 10.3. The number of carbonyl (C=O) groups is 1. The summed E-state index contributed by atoms with van der Waals surface area (Å²) >= 11 is 0. The minimum atomic E-state index is -1.04. The first kappa shape index (κ1) is 19.4. The third-order valence-electron chi connectivity index (χ3n) is 3.51. The van der Waals surface area contributed by atoms with E-state index in [1.54, 1.807) is 0 Å². The highest BCUT2D eigenvalue weighted by atomic mass is 16.6. The molecule has 0 fully saturated rings. The molecule has 0 heterocycles. The number of non-ortho nitro benzene ring substituents is 1. The quantitative estimate of drug-likeness (QED) is 0.394. The number of aliphatic hydroxyl groups excluding tert-OH is 1. The van der Waals surface area contributed by atoms with E-state index in [0.29, 0.717) is 12.2 Å². The van der Waals surface area contributed by atoms with Gasteiger partial charge in [0.15, 0.2) is 0 Å². The zero-order valence-corrected chi connectivity index (χ0v) is 14.0. The van der Waals surface area contributed by atoms with Crippen LogP contribution in [0.4, 0.5) is 5.69 Å². The molecule has 0 saturated heterocycles. The molecule has 0 bridgehead atoms. The molecule has 0 aliphatic carbocycles. The van der Waals surface area contributed by atoms with Gasteiger partial charge in [-0.05, 0) is 24.1 Å². The maximum atomic E-state index is 11.9. The van der Waals surface area contributed by atoms with Gasteiger partial charge in [-0.25, -0.2) is 0 Å². The van der Waals surface area contributed by atoms with Crippen molar-refractivity contribution in [3.8, 4) is 5.75 Å². The molecule has 0 saturated carbocycles. The van der Waals surface area contributed by atoms with Gasteiger partial charge in [0.25, 0.3) is 5.69 Å². The van der Waals surface area contributed by atoms with E-state index in [9.17, 15) is 20.0 Å². The first-order valence-electron chi connectivity index (χ1n) is 7.97. The summed E-state index contributed by atoms with van der Waals surface area (Å²) in [6, 6.07) is 13.9. The number of esters is 1. The third-order valence-corrected chi connectivity index (χ3v) is 3.51. The number of carbonyl (C=O) groups excluding carboxylic acids is 1. The lowest BCUT2D eigenvalue weighted by Gasteiger charge is -2.15. The van der Waals surface area contributed by atoms with Crippen LogP contribution in [0.25, 0.3) is 0 Å². The fourth-order valence-electron chi connectivity index (χ4n) is 2.14. The monoisotopic (exact) mass is 360 g/mol. The van der Waals surface area contributed by atoms with Crippen molar-refractivity contribution in [2.75, 3.05) is 13.2 Å². The number of nitro benzene ring substituents is 1. The van der Waals surface area contributed by atoms with Crippen LogP contribution in [-0.2, 0) is 16.0 Å². The van der Waals surface area contributed by atoms with E-state index in [-0.39, 0.29) is 18.9 Å². The zero-order valence-electron chi connectivity index (χ0n) is 14.0.